The Hall–Kier alpha value is -0.670. The maximum absolute atomic E-state index is 6.28. The van der Waals surface area contributed by atoms with Crippen molar-refractivity contribution in [3.8, 4) is 0 Å². The number of benzene rings is 2. The lowest BCUT2D eigenvalue weighted by Gasteiger charge is -2.19. The van der Waals surface area contributed by atoms with Crippen LogP contribution in [0.4, 0.5) is 0 Å². The summed E-state index contributed by atoms with van der Waals surface area (Å²) in [6.07, 6.45) is 0.997. The minimum Gasteiger partial charge on any atom is -0.309 e. The van der Waals surface area contributed by atoms with Gasteiger partial charge in [0.05, 0.1) is 0 Å². The summed E-state index contributed by atoms with van der Waals surface area (Å²) in [5.41, 5.74) is 1.12. The second-order valence-corrected chi connectivity index (χ2v) is 6.75. The highest BCUT2D eigenvalue weighted by atomic mass is 35.5. The van der Waals surface area contributed by atoms with Crippen molar-refractivity contribution in [2.24, 2.45) is 0 Å². The number of hydrogen-bond acceptors (Lipinski definition) is 2. The van der Waals surface area contributed by atoms with Gasteiger partial charge in [-0.05, 0) is 36.2 Å². The van der Waals surface area contributed by atoms with E-state index in [9.17, 15) is 0 Å². The van der Waals surface area contributed by atoms with Crippen LogP contribution >= 0.6 is 35.0 Å². The zero-order valence-electron chi connectivity index (χ0n) is 12.0. The largest absolute Gasteiger partial charge is 0.309 e. The molecular weight excluding hydrogens is 321 g/mol. The quantitative estimate of drug-likeness (QED) is 0.503. The van der Waals surface area contributed by atoms with Crippen molar-refractivity contribution in [2.75, 3.05) is 12.3 Å². The Kier molecular flexibility index (Phi) is 6.91. The fourth-order valence-electron chi connectivity index (χ4n) is 2.18. The van der Waals surface area contributed by atoms with Gasteiger partial charge in [-0.1, -0.05) is 54.4 Å². The van der Waals surface area contributed by atoms with Crippen molar-refractivity contribution in [1.82, 2.24) is 5.32 Å². The summed E-state index contributed by atoms with van der Waals surface area (Å²) in [6.45, 7) is 3.10. The van der Waals surface area contributed by atoms with Gasteiger partial charge in [-0.3, -0.25) is 0 Å². The highest BCUT2D eigenvalue weighted by Gasteiger charge is 2.12. The summed E-state index contributed by atoms with van der Waals surface area (Å²) in [7, 11) is 0. The van der Waals surface area contributed by atoms with Crippen LogP contribution in [0.2, 0.25) is 10.0 Å². The Bertz CT molecular complexity index is 560. The van der Waals surface area contributed by atoms with Crippen LogP contribution < -0.4 is 5.32 Å². The van der Waals surface area contributed by atoms with E-state index in [4.69, 9.17) is 23.2 Å². The van der Waals surface area contributed by atoms with Crippen LogP contribution in [0.1, 0.15) is 24.9 Å². The van der Waals surface area contributed by atoms with Crippen LogP contribution in [-0.2, 0) is 0 Å². The summed E-state index contributed by atoms with van der Waals surface area (Å²) in [4.78, 5) is 1.30. The maximum Gasteiger partial charge on any atom is 0.0468 e. The molecule has 1 unspecified atom stereocenters. The minimum absolute atomic E-state index is 0.270. The van der Waals surface area contributed by atoms with Crippen molar-refractivity contribution < 1.29 is 0 Å². The number of rotatable bonds is 7. The number of hydrogen-bond donors (Lipinski definition) is 1. The Morgan fingerprint density at radius 2 is 1.86 bits per heavy atom. The zero-order valence-corrected chi connectivity index (χ0v) is 14.3. The van der Waals surface area contributed by atoms with Crippen molar-refractivity contribution in [3.63, 3.8) is 0 Å². The zero-order chi connectivity index (χ0) is 15.1. The van der Waals surface area contributed by atoms with Crippen molar-refractivity contribution in [1.29, 1.82) is 0 Å². The lowest BCUT2D eigenvalue weighted by atomic mass is 10.0. The monoisotopic (exact) mass is 339 g/mol. The van der Waals surface area contributed by atoms with E-state index in [0.29, 0.717) is 5.02 Å². The van der Waals surface area contributed by atoms with Gasteiger partial charge >= 0.3 is 0 Å². The highest BCUT2D eigenvalue weighted by molar-refractivity contribution is 7.99. The van der Waals surface area contributed by atoms with Gasteiger partial charge < -0.3 is 5.32 Å². The highest BCUT2D eigenvalue weighted by Crippen LogP contribution is 2.28. The van der Waals surface area contributed by atoms with Crippen molar-refractivity contribution in [3.05, 3.63) is 64.1 Å². The van der Waals surface area contributed by atoms with Crippen LogP contribution in [0.25, 0.3) is 0 Å². The molecule has 1 N–H and O–H groups in total. The Labute approximate surface area is 141 Å². The van der Waals surface area contributed by atoms with E-state index < -0.39 is 0 Å². The molecule has 0 fully saturated rings. The van der Waals surface area contributed by atoms with Gasteiger partial charge in [-0.25, -0.2) is 0 Å². The molecule has 0 heterocycles. The lowest BCUT2D eigenvalue weighted by molar-refractivity contribution is 0.540. The van der Waals surface area contributed by atoms with Crippen LogP contribution in [-0.4, -0.2) is 12.3 Å². The molecule has 0 aliphatic rings. The van der Waals surface area contributed by atoms with E-state index in [0.717, 1.165) is 29.3 Å². The molecule has 0 radical (unpaired) electrons. The molecular formula is C17H19Cl2NS. The lowest BCUT2D eigenvalue weighted by Crippen LogP contribution is -2.23. The molecule has 0 amide bonds. The maximum atomic E-state index is 6.28. The number of nitrogens with one attached hydrogen (secondary N) is 1. The summed E-state index contributed by atoms with van der Waals surface area (Å²) in [5.74, 6) is 1.03. The molecule has 2 aromatic carbocycles. The minimum atomic E-state index is 0.270. The summed E-state index contributed by atoms with van der Waals surface area (Å²) in [5, 5.41) is 4.98. The fourth-order valence-corrected chi connectivity index (χ4v) is 3.52. The summed E-state index contributed by atoms with van der Waals surface area (Å²) in [6, 6.07) is 16.4. The molecule has 0 saturated heterocycles. The third kappa shape index (κ3) is 5.23. The molecule has 0 aromatic heterocycles. The smallest absolute Gasteiger partial charge is 0.0468 e. The second kappa shape index (κ2) is 8.70. The van der Waals surface area contributed by atoms with Gasteiger partial charge in [0.1, 0.15) is 0 Å². The molecule has 2 rings (SSSR count). The van der Waals surface area contributed by atoms with Crippen molar-refractivity contribution in [2.45, 2.75) is 24.3 Å². The van der Waals surface area contributed by atoms with E-state index in [1.165, 1.54) is 4.90 Å². The van der Waals surface area contributed by atoms with Crippen LogP contribution in [0.15, 0.2) is 53.4 Å². The first-order valence-electron chi connectivity index (χ1n) is 7.07. The van der Waals surface area contributed by atoms with E-state index in [1.807, 2.05) is 36.0 Å². The average molecular weight is 340 g/mol. The first kappa shape index (κ1) is 16.7. The fraction of sp³-hybridized carbons (Fsp3) is 0.294. The normalized spacial score (nSPS) is 12.3. The Balaban J connectivity index is 1.85. The first-order valence-corrected chi connectivity index (χ1v) is 8.81. The second-order valence-electron chi connectivity index (χ2n) is 4.74. The van der Waals surface area contributed by atoms with E-state index >= 15 is 0 Å². The molecule has 2 aromatic rings. The van der Waals surface area contributed by atoms with E-state index in [-0.39, 0.29) is 6.04 Å². The summed E-state index contributed by atoms with van der Waals surface area (Å²) >= 11 is 14.1. The van der Waals surface area contributed by atoms with Gasteiger partial charge in [0.25, 0.3) is 0 Å². The molecule has 1 atom stereocenters. The van der Waals surface area contributed by atoms with Gasteiger partial charge in [0, 0.05) is 33.3 Å². The summed E-state index contributed by atoms with van der Waals surface area (Å²) < 4.78 is 0. The third-order valence-corrected chi connectivity index (χ3v) is 4.83. The molecule has 0 bridgehead atoms. The molecule has 4 heteroatoms. The van der Waals surface area contributed by atoms with Gasteiger partial charge in [0.15, 0.2) is 0 Å². The molecule has 0 saturated carbocycles. The van der Waals surface area contributed by atoms with E-state index in [1.54, 1.807) is 0 Å². The molecule has 21 heavy (non-hydrogen) atoms. The SMILES string of the molecule is CCC(NCCSc1ccccc1)c1ccc(Cl)cc1Cl. The van der Waals surface area contributed by atoms with Crippen molar-refractivity contribution >= 4 is 35.0 Å². The molecule has 112 valence electrons. The molecule has 0 aliphatic carbocycles. The Morgan fingerprint density at radius 1 is 1.10 bits per heavy atom. The standard InChI is InChI=1S/C17H19Cl2NS/c1-2-17(15-9-8-13(18)12-16(15)19)20-10-11-21-14-6-4-3-5-7-14/h3-9,12,17,20H,2,10-11H2,1H3. The van der Waals surface area contributed by atoms with Crippen LogP contribution in [0.5, 0.6) is 0 Å². The van der Waals surface area contributed by atoms with E-state index in [2.05, 4.69) is 36.5 Å². The number of halogens is 2. The van der Waals surface area contributed by atoms with Gasteiger partial charge in [-0.2, -0.15) is 0 Å². The molecule has 0 aliphatic heterocycles. The first-order chi connectivity index (χ1) is 10.2. The number of thioether (sulfide) groups is 1. The average Bonchev–Trinajstić information content (AvgIpc) is 2.49. The van der Waals surface area contributed by atoms with Gasteiger partial charge in [0.2, 0.25) is 0 Å². The third-order valence-electron chi connectivity index (χ3n) is 3.25. The predicted molar refractivity (Wildman–Crippen MR) is 94.7 cm³/mol. The van der Waals surface area contributed by atoms with Crippen LogP contribution in [0.3, 0.4) is 0 Å². The molecule has 0 spiro atoms. The van der Waals surface area contributed by atoms with Crippen LogP contribution in [0, 0.1) is 0 Å². The van der Waals surface area contributed by atoms with Gasteiger partial charge in [-0.15, -0.1) is 11.8 Å². The Morgan fingerprint density at radius 3 is 2.52 bits per heavy atom. The topological polar surface area (TPSA) is 12.0 Å². The molecule has 1 nitrogen and oxygen atoms in total. The predicted octanol–water partition coefficient (Wildman–Crippen LogP) is 5.83.